The van der Waals surface area contributed by atoms with Gasteiger partial charge in [-0.15, -0.1) is 0 Å². The van der Waals surface area contributed by atoms with Gasteiger partial charge in [0.15, 0.2) is 12.3 Å². The number of piperidine rings is 1. The van der Waals surface area contributed by atoms with Crippen molar-refractivity contribution in [2.45, 2.75) is 38.3 Å². The number of carbonyl (C=O) groups is 1. The molecule has 1 fully saturated rings. The van der Waals surface area contributed by atoms with Gasteiger partial charge < -0.3 is 29.5 Å². The molecular weight excluding hydrogens is 584 g/mol. The second-order valence-electron chi connectivity index (χ2n) is 12.1. The molecule has 0 radical (unpaired) electrons. The van der Waals surface area contributed by atoms with Crippen LogP contribution in [-0.4, -0.2) is 79.2 Å². The first-order chi connectivity index (χ1) is 22.6. The maximum atomic E-state index is 13.6. The Morgan fingerprint density at radius 1 is 1.02 bits per heavy atom. The summed E-state index contributed by atoms with van der Waals surface area (Å²) < 4.78 is 11.6. The monoisotopic (exact) mass is 620 g/mol. The van der Waals surface area contributed by atoms with E-state index in [1.54, 1.807) is 15.8 Å². The van der Waals surface area contributed by atoms with E-state index in [0.717, 1.165) is 56.4 Å². The number of nitrogens with one attached hydrogen (secondary N) is 1. The van der Waals surface area contributed by atoms with Gasteiger partial charge in [-0.25, -0.2) is 14.3 Å². The van der Waals surface area contributed by atoms with Crippen molar-refractivity contribution in [1.82, 2.24) is 28.8 Å². The summed E-state index contributed by atoms with van der Waals surface area (Å²) >= 11 is 0. The number of aliphatic hydroxyl groups is 1. The highest BCUT2D eigenvalue weighted by Crippen LogP contribution is 2.35. The molecule has 0 saturated carbocycles. The fourth-order valence-electron chi connectivity index (χ4n) is 6.99. The average molecular weight is 621 g/mol. The number of ether oxygens (including phenoxy) is 1. The number of carbonyl (C=O) groups excluding carboxylic acids is 1. The second-order valence-corrected chi connectivity index (χ2v) is 12.1. The van der Waals surface area contributed by atoms with E-state index in [-0.39, 0.29) is 24.7 Å². The van der Waals surface area contributed by atoms with E-state index in [1.165, 1.54) is 5.52 Å². The van der Waals surface area contributed by atoms with Crippen LogP contribution in [-0.2, 0) is 11.3 Å². The highest BCUT2D eigenvalue weighted by atomic mass is 16.5. The minimum atomic E-state index is -0.185. The van der Waals surface area contributed by atoms with Gasteiger partial charge in [-0.3, -0.25) is 9.59 Å². The molecule has 5 aromatic rings. The lowest BCUT2D eigenvalue weighted by Crippen LogP contribution is -2.39. The van der Waals surface area contributed by atoms with Crippen molar-refractivity contribution in [1.29, 1.82) is 0 Å². The van der Waals surface area contributed by atoms with Crippen LogP contribution in [0.4, 0.5) is 17.3 Å². The fraction of sp³-hybridized carbons (Fsp3) is 0.353. The largest absolute Gasteiger partial charge is 0.482 e. The van der Waals surface area contributed by atoms with E-state index in [2.05, 4.69) is 50.2 Å². The van der Waals surface area contributed by atoms with Crippen LogP contribution in [0, 0.1) is 0 Å². The number of amides is 1. The average Bonchev–Trinajstić information content (AvgIpc) is 3.61. The zero-order chi connectivity index (χ0) is 31.2. The number of aliphatic hydroxyl groups excluding tert-OH is 1. The van der Waals surface area contributed by atoms with E-state index in [4.69, 9.17) is 9.72 Å². The van der Waals surface area contributed by atoms with Crippen LogP contribution in [0.5, 0.6) is 5.75 Å². The first kappa shape index (κ1) is 28.5. The Hall–Kier alpha value is -4.94. The van der Waals surface area contributed by atoms with Gasteiger partial charge in [-0.2, -0.15) is 4.98 Å². The molecule has 0 unspecified atom stereocenters. The second kappa shape index (κ2) is 11.8. The number of hydrogen-bond donors (Lipinski definition) is 2. The van der Waals surface area contributed by atoms with Crippen molar-refractivity contribution in [3.8, 4) is 11.4 Å². The third-order valence-electron chi connectivity index (χ3n) is 9.35. The van der Waals surface area contributed by atoms with Gasteiger partial charge in [0, 0.05) is 61.2 Å². The molecule has 2 aromatic carbocycles. The first-order valence-corrected chi connectivity index (χ1v) is 16.0. The van der Waals surface area contributed by atoms with E-state index in [9.17, 15) is 14.7 Å². The summed E-state index contributed by atoms with van der Waals surface area (Å²) in [5, 5.41) is 14.2. The molecule has 2 bridgehead atoms. The summed E-state index contributed by atoms with van der Waals surface area (Å²) in [5.41, 5.74) is 3.72. The molecule has 2 N–H and O–H groups in total. The Bertz CT molecular complexity index is 2030. The zero-order valence-corrected chi connectivity index (χ0v) is 25.5. The summed E-state index contributed by atoms with van der Waals surface area (Å²) in [6.07, 6.45) is 11.5. The lowest BCUT2D eigenvalue weighted by atomic mass is 10.0. The van der Waals surface area contributed by atoms with Crippen LogP contribution in [0.25, 0.3) is 27.6 Å². The normalized spacial score (nSPS) is 18.2. The van der Waals surface area contributed by atoms with Gasteiger partial charge in [0.25, 0.3) is 11.5 Å². The van der Waals surface area contributed by atoms with Gasteiger partial charge in [-0.05, 0) is 68.1 Å². The van der Waals surface area contributed by atoms with Crippen LogP contribution < -0.4 is 20.5 Å². The molecule has 1 saturated heterocycles. The van der Waals surface area contributed by atoms with Gasteiger partial charge in [0.1, 0.15) is 11.1 Å². The predicted octanol–water partition coefficient (Wildman–Crippen LogP) is 3.99. The molecule has 3 aliphatic rings. The smallest absolute Gasteiger partial charge is 0.278 e. The standard InChI is InChI=1S/C34H36N8O4/c43-18-17-38-14-10-25(11-15-38)39-16-9-23-19-24(5-7-28(23)39)36-34-35-21-27-32(37-34)42-26-6-8-30-29(20-26)40(31(44)22-46-30)12-3-1-2-4-13-41(42)33(27)45/h2,4-9,16,19-21,25,43H,1,3,10-15,17-18,22H2,(H,35,36,37)/b4-2-. The maximum absolute atomic E-state index is 13.6. The lowest BCUT2D eigenvalue weighted by Gasteiger charge is -2.32. The Labute approximate surface area is 265 Å². The molecule has 0 atom stereocenters. The number of nitrogens with zero attached hydrogens (tertiary/aromatic N) is 7. The SMILES string of the molecule is O=C1COc2ccc3cc2N1CCC/C=C\Cn1c(=O)c2cnc(Nc4ccc5c(ccn5C5CCN(CCO)CC5)c4)nc2n1-3. The third-order valence-corrected chi connectivity index (χ3v) is 9.35. The van der Waals surface area contributed by atoms with Crippen LogP contribution in [0.2, 0.25) is 0 Å². The molecule has 6 heterocycles. The van der Waals surface area contributed by atoms with Gasteiger partial charge in [0.2, 0.25) is 5.95 Å². The summed E-state index contributed by atoms with van der Waals surface area (Å²) in [4.78, 5) is 39.9. The predicted molar refractivity (Wildman–Crippen MR) is 176 cm³/mol. The number of benzene rings is 2. The summed E-state index contributed by atoms with van der Waals surface area (Å²) in [6, 6.07) is 14.5. The number of fused-ring (bicyclic) bond motifs is 6. The molecule has 3 aromatic heterocycles. The highest BCUT2D eigenvalue weighted by Gasteiger charge is 2.27. The zero-order valence-electron chi connectivity index (χ0n) is 25.5. The van der Waals surface area contributed by atoms with E-state index < -0.39 is 0 Å². The highest BCUT2D eigenvalue weighted by molar-refractivity contribution is 5.98. The van der Waals surface area contributed by atoms with E-state index in [0.29, 0.717) is 53.2 Å². The maximum Gasteiger partial charge on any atom is 0.278 e. The molecule has 8 rings (SSSR count). The van der Waals surface area contributed by atoms with Crippen LogP contribution in [0.3, 0.4) is 0 Å². The Kier molecular flexibility index (Phi) is 7.30. The van der Waals surface area contributed by atoms with Crippen molar-refractivity contribution >= 4 is 45.2 Å². The summed E-state index contributed by atoms with van der Waals surface area (Å²) in [6.45, 7) is 3.91. The Morgan fingerprint density at radius 3 is 2.78 bits per heavy atom. The number of allylic oxidation sites excluding steroid dienone is 2. The molecule has 12 nitrogen and oxygen atoms in total. The Balaban J connectivity index is 1.13. The van der Waals surface area contributed by atoms with Gasteiger partial charge in [0.05, 0.1) is 24.5 Å². The van der Waals surface area contributed by atoms with Crippen molar-refractivity contribution in [3.63, 3.8) is 0 Å². The van der Waals surface area contributed by atoms with Crippen LogP contribution in [0.15, 0.2) is 71.8 Å². The molecule has 0 aliphatic carbocycles. The quantitative estimate of drug-likeness (QED) is 0.283. The molecule has 236 valence electrons. The Morgan fingerprint density at radius 2 is 1.91 bits per heavy atom. The first-order valence-electron chi connectivity index (χ1n) is 16.0. The minimum absolute atomic E-state index is 0.0167. The molecule has 3 aliphatic heterocycles. The summed E-state index contributed by atoms with van der Waals surface area (Å²) in [5.74, 6) is 0.947. The van der Waals surface area contributed by atoms with Gasteiger partial charge >= 0.3 is 0 Å². The van der Waals surface area contributed by atoms with Crippen LogP contribution in [0.1, 0.15) is 31.7 Å². The minimum Gasteiger partial charge on any atom is -0.482 e. The molecular formula is C34H36N8O4. The topological polar surface area (TPSA) is 123 Å². The van der Waals surface area contributed by atoms with Crippen LogP contribution >= 0.6 is 0 Å². The number of β-amino-alcohol motifs (C(OH)–C–C–N with tert-alkyl or cyclic N) is 1. The number of hydrogen-bond acceptors (Lipinski definition) is 8. The van der Waals surface area contributed by atoms with E-state index in [1.807, 2.05) is 35.0 Å². The lowest BCUT2D eigenvalue weighted by molar-refractivity contribution is -0.121. The van der Waals surface area contributed by atoms with Crippen molar-refractivity contribution in [3.05, 3.63) is 77.4 Å². The number of likely N-dealkylation sites (tertiary alicyclic amines) is 1. The summed E-state index contributed by atoms with van der Waals surface area (Å²) in [7, 11) is 0. The molecule has 1 amide bonds. The number of rotatable bonds is 5. The number of aromatic nitrogens is 5. The molecule has 46 heavy (non-hydrogen) atoms. The van der Waals surface area contributed by atoms with Crippen molar-refractivity contribution < 1.29 is 14.6 Å². The third kappa shape index (κ3) is 5.03. The molecule has 0 spiro atoms. The fourth-order valence-corrected chi connectivity index (χ4v) is 6.99. The number of anilines is 3. The van der Waals surface area contributed by atoms with Crippen molar-refractivity contribution in [2.24, 2.45) is 0 Å². The van der Waals surface area contributed by atoms with Crippen molar-refractivity contribution in [2.75, 3.05) is 49.6 Å². The molecule has 12 heteroatoms. The van der Waals surface area contributed by atoms with Gasteiger partial charge in [-0.1, -0.05) is 12.2 Å². The van der Waals surface area contributed by atoms with E-state index >= 15 is 0 Å².